The fourth-order valence-corrected chi connectivity index (χ4v) is 3.52. The van der Waals surface area contributed by atoms with Crippen molar-refractivity contribution in [3.63, 3.8) is 0 Å². The maximum Gasteiger partial charge on any atom is 0.317 e. The van der Waals surface area contributed by atoms with Crippen LogP contribution in [-0.4, -0.2) is 91.2 Å². The molecule has 0 aromatic heterocycles. The second-order valence-corrected chi connectivity index (χ2v) is 7.50. The van der Waals surface area contributed by atoms with Crippen LogP contribution < -0.4 is 4.74 Å². The highest BCUT2D eigenvalue weighted by molar-refractivity contribution is 5.85. The normalized spacial score (nSPS) is 17.3. The van der Waals surface area contributed by atoms with Crippen molar-refractivity contribution < 1.29 is 19.4 Å². The smallest absolute Gasteiger partial charge is 0.317 e. The first-order valence-electron chi connectivity index (χ1n) is 10.0. The van der Waals surface area contributed by atoms with Gasteiger partial charge in [-0.25, -0.2) is 0 Å². The molecule has 1 amide bonds. The number of hydrogen-bond acceptors (Lipinski definition) is 5. The van der Waals surface area contributed by atoms with Crippen LogP contribution >= 0.6 is 12.4 Å². The summed E-state index contributed by atoms with van der Waals surface area (Å²) in [5.41, 5.74) is 0. The number of carbonyl (C=O) groups excluding carboxylic acids is 1. The average molecular weight is 428 g/mol. The Morgan fingerprint density at radius 2 is 1.90 bits per heavy atom. The average Bonchev–Trinajstić information content (AvgIpc) is 2.91. The van der Waals surface area contributed by atoms with E-state index in [0.717, 1.165) is 44.5 Å². The van der Waals surface area contributed by atoms with Gasteiger partial charge >= 0.3 is 5.97 Å². The van der Waals surface area contributed by atoms with Crippen molar-refractivity contribution in [2.45, 2.75) is 31.7 Å². The van der Waals surface area contributed by atoms with Crippen LogP contribution in [0.15, 0.2) is 30.3 Å². The van der Waals surface area contributed by atoms with Crippen LogP contribution in [0, 0.1) is 0 Å². The van der Waals surface area contributed by atoms with Crippen molar-refractivity contribution >= 4 is 24.3 Å². The number of ether oxygens (including phenoxy) is 1. The number of para-hydroxylation sites is 1. The fourth-order valence-electron chi connectivity index (χ4n) is 3.52. The number of hydrogen-bond donors (Lipinski definition) is 1. The molecule has 1 aliphatic heterocycles. The van der Waals surface area contributed by atoms with Gasteiger partial charge in [0.05, 0.1) is 19.7 Å². The van der Waals surface area contributed by atoms with Crippen LogP contribution in [-0.2, 0) is 9.59 Å². The molecule has 1 aliphatic rings. The summed E-state index contributed by atoms with van der Waals surface area (Å²) in [5, 5.41) is 8.96. The SMILES string of the molecule is CN(CCCOc1ccccc1)C(=O)CN1CCCC(N(C)CC(=O)O)CC1.Cl. The van der Waals surface area contributed by atoms with Crippen LogP contribution in [0.3, 0.4) is 0 Å². The van der Waals surface area contributed by atoms with E-state index in [0.29, 0.717) is 19.7 Å². The predicted molar refractivity (Wildman–Crippen MR) is 116 cm³/mol. The fraction of sp³-hybridized carbons (Fsp3) is 0.619. The number of carboxylic acids is 1. The van der Waals surface area contributed by atoms with Gasteiger partial charge in [-0.3, -0.25) is 19.4 Å². The van der Waals surface area contributed by atoms with Gasteiger partial charge < -0.3 is 14.7 Å². The first-order valence-corrected chi connectivity index (χ1v) is 10.0. The monoisotopic (exact) mass is 427 g/mol. The van der Waals surface area contributed by atoms with Gasteiger partial charge in [-0.1, -0.05) is 18.2 Å². The van der Waals surface area contributed by atoms with E-state index in [9.17, 15) is 9.59 Å². The van der Waals surface area contributed by atoms with Gasteiger partial charge in [0.1, 0.15) is 5.75 Å². The Bertz CT molecular complexity index is 617. The van der Waals surface area contributed by atoms with E-state index < -0.39 is 5.97 Å². The summed E-state index contributed by atoms with van der Waals surface area (Å²) in [7, 11) is 3.71. The number of rotatable bonds is 10. The molecule has 1 atom stereocenters. The van der Waals surface area contributed by atoms with E-state index in [1.54, 1.807) is 4.90 Å². The lowest BCUT2D eigenvalue weighted by atomic mass is 10.1. The number of likely N-dealkylation sites (N-methyl/N-ethyl adjacent to an activating group) is 2. The lowest BCUT2D eigenvalue weighted by Gasteiger charge is -2.26. The maximum absolute atomic E-state index is 12.5. The van der Waals surface area contributed by atoms with Crippen molar-refractivity contribution in [1.82, 2.24) is 14.7 Å². The lowest BCUT2D eigenvalue weighted by molar-refractivity contribution is -0.138. The van der Waals surface area contributed by atoms with Crippen molar-refractivity contribution in [3.05, 3.63) is 30.3 Å². The molecule has 164 valence electrons. The molecule has 1 N–H and O–H groups in total. The lowest BCUT2D eigenvalue weighted by Crippen LogP contribution is -2.40. The minimum absolute atomic E-state index is 0. The van der Waals surface area contributed by atoms with Crippen LogP contribution in [0.25, 0.3) is 0 Å². The highest BCUT2D eigenvalue weighted by atomic mass is 35.5. The Labute approximate surface area is 180 Å². The zero-order valence-electron chi connectivity index (χ0n) is 17.5. The van der Waals surface area contributed by atoms with Gasteiger partial charge in [0.2, 0.25) is 5.91 Å². The predicted octanol–water partition coefficient (Wildman–Crippen LogP) is 2.21. The van der Waals surface area contributed by atoms with Crippen LogP contribution in [0.1, 0.15) is 25.7 Å². The number of nitrogens with zero attached hydrogens (tertiary/aromatic N) is 3. The van der Waals surface area contributed by atoms with Crippen molar-refractivity contribution in [1.29, 1.82) is 0 Å². The summed E-state index contributed by atoms with van der Waals surface area (Å²) in [4.78, 5) is 29.3. The van der Waals surface area contributed by atoms with Gasteiger partial charge in [-0.05, 0) is 51.4 Å². The molecule has 0 spiro atoms. The number of carbonyl (C=O) groups is 2. The van der Waals surface area contributed by atoms with E-state index in [1.807, 2.05) is 49.3 Å². The number of aliphatic carboxylic acids is 1. The second-order valence-electron chi connectivity index (χ2n) is 7.50. The first-order chi connectivity index (χ1) is 13.5. The third kappa shape index (κ3) is 9.47. The molecule has 0 aliphatic carbocycles. The number of carboxylic acid groups (broad SMARTS) is 1. The summed E-state index contributed by atoms with van der Waals surface area (Å²) < 4.78 is 5.67. The van der Waals surface area contributed by atoms with E-state index in [-0.39, 0.29) is 30.9 Å². The van der Waals surface area contributed by atoms with E-state index in [1.165, 1.54) is 0 Å². The third-order valence-electron chi connectivity index (χ3n) is 5.23. The summed E-state index contributed by atoms with van der Waals surface area (Å²) >= 11 is 0. The molecule has 7 nitrogen and oxygen atoms in total. The molecule has 1 unspecified atom stereocenters. The Balaban J connectivity index is 0.00000420. The molecular weight excluding hydrogens is 394 g/mol. The van der Waals surface area contributed by atoms with Crippen LogP contribution in [0.2, 0.25) is 0 Å². The molecule has 1 aromatic rings. The molecule has 8 heteroatoms. The minimum atomic E-state index is -0.795. The van der Waals surface area contributed by atoms with E-state index in [2.05, 4.69) is 4.90 Å². The van der Waals surface area contributed by atoms with E-state index >= 15 is 0 Å². The molecule has 0 radical (unpaired) electrons. The Hall–Kier alpha value is -1.83. The van der Waals surface area contributed by atoms with Gasteiger partial charge in [-0.15, -0.1) is 12.4 Å². The standard InChI is InChI=1S/C21H33N3O4.ClH/c1-22(12-7-15-28-19-9-4-3-5-10-19)20(25)16-24-13-6-8-18(11-14-24)23(2)17-21(26)27;/h3-5,9-10,18H,6-8,11-17H2,1-2H3,(H,26,27);1H. The molecule has 1 aromatic carbocycles. The number of likely N-dealkylation sites (tertiary alicyclic amines) is 1. The molecule has 29 heavy (non-hydrogen) atoms. The molecule has 1 fully saturated rings. The Morgan fingerprint density at radius 3 is 2.59 bits per heavy atom. The first kappa shape index (κ1) is 25.2. The van der Waals surface area contributed by atoms with Crippen LogP contribution in [0.5, 0.6) is 5.75 Å². The van der Waals surface area contributed by atoms with Gasteiger partial charge in [-0.2, -0.15) is 0 Å². The quantitative estimate of drug-likeness (QED) is 0.577. The zero-order valence-corrected chi connectivity index (χ0v) is 18.3. The highest BCUT2D eigenvalue weighted by Crippen LogP contribution is 2.16. The van der Waals surface area contributed by atoms with Gasteiger partial charge in [0.25, 0.3) is 0 Å². The van der Waals surface area contributed by atoms with Gasteiger partial charge in [0.15, 0.2) is 0 Å². The number of halogens is 1. The zero-order chi connectivity index (χ0) is 20.4. The highest BCUT2D eigenvalue weighted by Gasteiger charge is 2.23. The second kappa shape index (κ2) is 13.4. The molecule has 1 heterocycles. The van der Waals surface area contributed by atoms with Gasteiger partial charge in [0, 0.05) is 26.2 Å². The van der Waals surface area contributed by atoms with Crippen molar-refractivity contribution in [2.75, 3.05) is 53.4 Å². The maximum atomic E-state index is 12.5. The third-order valence-corrected chi connectivity index (χ3v) is 5.23. The summed E-state index contributed by atoms with van der Waals surface area (Å²) in [5.74, 6) is 0.178. The topological polar surface area (TPSA) is 73.3 Å². The summed E-state index contributed by atoms with van der Waals surface area (Å²) in [6.07, 6.45) is 3.64. The van der Waals surface area contributed by atoms with Crippen molar-refractivity contribution in [2.24, 2.45) is 0 Å². The Morgan fingerprint density at radius 1 is 1.17 bits per heavy atom. The summed E-state index contributed by atoms with van der Waals surface area (Å²) in [6, 6.07) is 9.95. The van der Waals surface area contributed by atoms with Crippen molar-refractivity contribution in [3.8, 4) is 5.75 Å². The molecule has 0 saturated carbocycles. The largest absolute Gasteiger partial charge is 0.494 e. The molecule has 0 bridgehead atoms. The van der Waals surface area contributed by atoms with Crippen LogP contribution in [0.4, 0.5) is 0 Å². The van der Waals surface area contributed by atoms with E-state index in [4.69, 9.17) is 9.84 Å². The summed E-state index contributed by atoms with van der Waals surface area (Å²) in [6.45, 7) is 3.45. The molecule has 1 saturated heterocycles. The number of benzene rings is 1. The molecular formula is C21H34ClN3O4. The number of amides is 1. The Kier molecular flexibility index (Phi) is 11.7. The minimum Gasteiger partial charge on any atom is -0.494 e. The molecule has 2 rings (SSSR count).